The van der Waals surface area contributed by atoms with Crippen LogP contribution in [-0.2, 0) is 27.0 Å². The summed E-state index contributed by atoms with van der Waals surface area (Å²) >= 11 is 8.49. The maximum atomic E-state index is 13.3. The molecule has 5 aromatic rings. The van der Waals surface area contributed by atoms with Gasteiger partial charge in [-0.1, -0.05) is 147 Å². The van der Waals surface area contributed by atoms with Gasteiger partial charge in [0.25, 0.3) is 8.32 Å². The molecule has 55 heavy (non-hydrogen) atoms. The summed E-state index contributed by atoms with van der Waals surface area (Å²) in [6.07, 6.45) is 1.62. The average molecular weight is 795 g/mol. The molecular formula is C46H52ClNO5SSi. The fourth-order valence-corrected chi connectivity index (χ4v) is 12.6. The lowest BCUT2D eigenvalue weighted by Gasteiger charge is -2.45. The zero-order chi connectivity index (χ0) is 39.5. The quantitative estimate of drug-likeness (QED) is 0.0792. The van der Waals surface area contributed by atoms with Crippen molar-refractivity contribution >= 4 is 54.4 Å². The molecule has 1 N–H and O–H groups in total. The zero-order valence-electron chi connectivity index (χ0n) is 32.6. The summed E-state index contributed by atoms with van der Waals surface area (Å²) in [6, 6.07) is 44.7. The first kappa shape index (κ1) is 41.8. The Labute approximate surface area is 337 Å². The van der Waals surface area contributed by atoms with Gasteiger partial charge in [0.1, 0.15) is 29.8 Å². The number of hydrogen-bond acceptors (Lipinski definition) is 6. The van der Waals surface area contributed by atoms with Gasteiger partial charge in [-0.3, -0.25) is 0 Å². The predicted molar refractivity (Wildman–Crippen MR) is 227 cm³/mol. The van der Waals surface area contributed by atoms with Crippen LogP contribution in [0.2, 0.25) is 10.1 Å². The van der Waals surface area contributed by atoms with E-state index in [2.05, 4.69) is 56.4 Å². The summed E-state index contributed by atoms with van der Waals surface area (Å²) in [5.41, 5.74) is -0.0382. The van der Waals surface area contributed by atoms with Crippen LogP contribution >= 0.6 is 23.4 Å². The van der Waals surface area contributed by atoms with Gasteiger partial charge in [-0.15, -0.1) is 0 Å². The third kappa shape index (κ3) is 11.4. The molecule has 0 spiro atoms. The van der Waals surface area contributed by atoms with E-state index >= 15 is 0 Å². The van der Waals surface area contributed by atoms with Crippen molar-refractivity contribution in [3.8, 4) is 5.75 Å². The molecule has 9 heteroatoms. The second-order valence-corrected chi connectivity index (χ2v) is 21.7. The Morgan fingerprint density at radius 3 is 1.93 bits per heavy atom. The highest BCUT2D eigenvalue weighted by atomic mass is 35.5. The van der Waals surface area contributed by atoms with Crippen LogP contribution in [0.25, 0.3) is 0 Å². The molecule has 0 fully saturated rings. The number of rotatable bonds is 16. The number of hydrogen-bond donors (Lipinski definition) is 1. The summed E-state index contributed by atoms with van der Waals surface area (Å²) < 4.78 is 18.9. The van der Waals surface area contributed by atoms with Gasteiger partial charge < -0.3 is 24.0 Å². The number of benzene rings is 5. The Morgan fingerprint density at radius 1 is 0.764 bits per heavy atom. The van der Waals surface area contributed by atoms with E-state index in [1.165, 1.54) is 0 Å². The third-order valence-electron chi connectivity index (χ3n) is 9.32. The topological polar surface area (TPSA) is 73.9 Å². The van der Waals surface area contributed by atoms with Crippen molar-refractivity contribution in [1.29, 1.82) is 0 Å². The lowest BCUT2D eigenvalue weighted by molar-refractivity contribution is -0.115. The lowest BCUT2D eigenvalue weighted by atomic mass is 9.93. The van der Waals surface area contributed by atoms with Gasteiger partial charge in [0.15, 0.2) is 0 Å². The molecule has 1 unspecified atom stereocenters. The second kappa shape index (κ2) is 18.5. The van der Waals surface area contributed by atoms with Gasteiger partial charge in [-0.05, 0) is 96.9 Å². The van der Waals surface area contributed by atoms with E-state index in [9.17, 15) is 9.59 Å². The van der Waals surface area contributed by atoms with Gasteiger partial charge in [0.05, 0.1) is 6.61 Å². The Kier molecular flexibility index (Phi) is 14.1. The van der Waals surface area contributed by atoms with Crippen molar-refractivity contribution in [1.82, 2.24) is 5.32 Å². The van der Waals surface area contributed by atoms with E-state index in [4.69, 9.17) is 25.5 Å². The van der Waals surface area contributed by atoms with Crippen LogP contribution in [0.15, 0.2) is 143 Å². The fraction of sp³-hybridized carbons (Fsp3) is 0.304. The molecule has 5 rings (SSSR count). The summed E-state index contributed by atoms with van der Waals surface area (Å²) in [7, 11) is -3.03. The van der Waals surface area contributed by atoms with Crippen LogP contribution in [0.5, 0.6) is 5.75 Å². The van der Waals surface area contributed by atoms with E-state index in [1.807, 2.05) is 103 Å². The highest BCUT2D eigenvalue weighted by Crippen LogP contribution is 2.38. The number of aryl methyl sites for hydroxylation is 1. The minimum Gasteiger partial charge on any atom is -0.489 e. The summed E-state index contributed by atoms with van der Waals surface area (Å²) in [5.74, 6) is 0.800. The first-order chi connectivity index (χ1) is 26.2. The molecule has 6 nitrogen and oxygen atoms in total. The van der Waals surface area contributed by atoms with Crippen molar-refractivity contribution < 1.29 is 23.5 Å². The van der Waals surface area contributed by atoms with Crippen molar-refractivity contribution in [2.24, 2.45) is 0 Å². The van der Waals surface area contributed by atoms with Gasteiger partial charge >= 0.3 is 6.09 Å². The van der Waals surface area contributed by atoms with Gasteiger partial charge in [-0.2, -0.15) is 0 Å². The SMILES string of the molecule is CC(C)(C)OC(=O)NC(C=O)(CCCc1ccc(Sc2cccc(OCc3ccccc3)c2)cc1Cl)CO[Si](c1ccccc1)(c1ccccc1)C(C)(C)C. The van der Waals surface area contributed by atoms with Gasteiger partial charge in [0, 0.05) is 14.8 Å². The number of halogens is 1. The molecule has 0 aliphatic heterocycles. The van der Waals surface area contributed by atoms with Crippen LogP contribution in [0.4, 0.5) is 4.79 Å². The van der Waals surface area contributed by atoms with Crippen LogP contribution in [0, 0.1) is 0 Å². The van der Waals surface area contributed by atoms with E-state index in [1.54, 1.807) is 32.5 Å². The molecule has 1 atom stereocenters. The summed E-state index contributed by atoms with van der Waals surface area (Å²) in [6.45, 7) is 12.4. The molecule has 0 aromatic heterocycles. The molecule has 0 saturated carbocycles. The van der Waals surface area contributed by atoms with Crippen LogP contribution < -0.4 is 20.4 Å². The number of carbonyl (C=O) groups excluding carboxylic acids is 2. The second-order valence-electron chi connectivity index (χ2n) is 15.8. The molecule has 5 aromatic carbocycles. The molecule has 0 bridgehead atoms. The Morgan fingerprint density at radius 2 is 1.36 bits per heavy atom. The van der Waals surface area contributed by atoms with E-state index in [0.717, 1.165) is 43.3 Å². The highest BCUT2D eigenvalue weighted by Gasteiger charge is 2.51. The number of aldehydes is 1. The van der Waals surface area contributed by atoms with E-state index in [-0.39, 0.29) is 11.6 Å². The third-order valence-corrected chi connectivity index (χ3v) is 15.6. The number of alkyl carbamates (subject to hydrolysis) is 1. The Hall–Kier alpha value is -4.34. The van der Waals surface area contributed by atoms with Crippen LogP contribution in [-0.4, -0.2) is 38.4 Å². The minimum absolute atomic E-state index is 0.0273. The van der Waals surface area contributed by atoms with Crippen LogP contribution in [0.3, 0.4) is 0 Å². The lowest BCUT2D eigenvalue weighted by Crippen LogP contribution is -2.68. The summed E-state index contributed by atoms with van der Waals surface area (Å²) in [5, 5.41) is 5.44. The molecule has 0 heterocycles. The first-order valence-corrected chi connectivity index (χ1v) is 21.8. The highest BCUT2D eigenvalue weighted by molar-refractivity contribution is 7.99. The monoisotopic (exact) mass is 793 g/mol. The van der Waals surface area contributed by atoms with Crippen molar-refractivity contribution in [3.05, 3.63) is 150 Å². The average Bonchev–Trinajstić information content (AvgIpc) is 3.15. The number of carbonyl (C=O) groups is 2. The normalized spacial score (nSPS) is 13.1. The summed E-state index contributed by atoms with van der Waals surface area (Å²) in [4.78, 5) is 28.6. The van der Waals surface area contributed by atoms with Crippen LogP contribution in [0.1, 0.15) is 65.5 Å². The van der Waals surface area contributed by atoms with Gasteiger partial charge in [-0.25, -0.2) is 4.79 Å². The molecule has 0 saturated heterocycles. The van der Waals surface area contributed by atoms with Gasteiger partial charge in [0.2, 0.25) is 0 Å². The molecule has 1 amide bonds. The number of amides is 1. The Bertz CT molecular complexity index is 1960. The van der Waals surface area contributed by atoms with Crippen molar-refractivity contribution in [2.45, 2.75) is 93.4 Å². The van der Waals surface area contributed by atoms with E-state index in [0.29, 0.717) is 30.9 Å². The maximum Gasteiger partial charge on any atom is 0.408 e. The molecule has 0 radical (unpaired) electrons. The molecular weight excluding hydrogens is 742 g/mol. The maximum absolute atomic E-state index is 13.3. The van der Waals surface area contributed by atoms with E-state index < -0.39 is 25.6 Å². The first-order valence-electron chi connectivity index (χ1n) is 18.7. The molecule has 288 valence electrons. The predicted octanol–water partition coefficient (Wildman–Crippen LogP) is 10.4. The Balaban J connectivity index is 1.33. The number of ether oxygens (including phenoxy) is 2. The van der Waals surface area contributed by atoms with Crippen molar-refractivity contribution in [3.63, 3.8) is 0 Å². The number of nitrogens with one attached hydrogen (secondary N) is 1. The molecule has 0 aliphatic carbocycles. The minimum atomic E-state index is -3.03. The van der Waals surface area contributed by atoms with Crippen molar-refractivity contribution in [2.75, 3.05) is 6.61 Å². The largest absolute Gasteiger partial charge is 0.489 e. The standard InChI is InChI=1S/C46H52ClNO5SSi/c1-44(2,3)53-43(50)48-46(33-49,34-52-55(45(4,5)6,40-23-12-8-13-24-40)41-25-14-9-15-26-41)29-17-20-36-27-28-39(31-42(36)47)54-38-22-16-21-37(30-38)51-32-35-18-10-7-11-19-35/h7-16,18-19,21-28,30-31,33H,17,20,29,32,34H2,1-6H3,(H,48,50). The smallest absolute Gasteiger partial charge is 0.408 e. The molecule has 0 aliphatic rings. The zero-order valence-corrected chi connectivity index (χ0v) is 35.2. The fourth-order valence-electron chi connectivity index (χ4n) is 6.69.